The minimum absolute atomic E-state index is 0.122. The van der Waals surface area contributed by atoms with E-state index >= 15 is 0 Å². The van der Waals surface area contributed by atoms with Crippen LogP contribution >= 0.6 is 11.8 Å². The molecule has 2 aromatic rings. The van der Waals surface area contributed by atoms with Gasteiger partial charge in [-0.3, -0.25) is 10.1 Å². The molecule has 6 heteroatoms. The summed E-state index contributed by atoms with van der Waals surface area (Å²) in [6.07, 6.45) is 0.916. The predicted molar refractivity (Wildman–Crippen MR) is 101 cm³/mol. The van der Waals surface area contributed by atoms with Crippen molar-refractivity contribution in [1.82, 2.24) is 4.90 Å². The molecule has 0 bridgehead atoms. The van der Waals surface area contributed by atoms with Crippen LogP contribution in [0, 0.1) is 10.1 Å². The molecule has 0 aliphatic carbocycles. The molecule has 5 nitrogen and oxygen atoms in total. The number of hydrogen-bond donors (Lipinski definition) is 1. The van der Waals surface area contributed by atoms with Crippen molar-refractivity contribution < 1.29 is 4.92 Å². The summed E-state index contributed by atoms with van der Waals surface area (Å²) in [4.78, 5) is 14.2. The number of nitro groups is 1. The van der Waals surface area contributed by atoms with Gasteiger partial charge in [0, 0.05) is 22.8 Å². The normalized spacial score (nSPS) is 12.1. The maximum Gasteiger partial charge on any atom is 0.292 e. The third kappa shape index (κ3) is 5.86. The van der Waals surface area contributed by atoms with Crippen molar-refractivity contribution in [2.75, 3.05) is 31.7 Å². The molecule has 0 amide bonds. The minimum Gasteiger partial charge on any atom is -0.376 e. The molecule has 2 rings (SSSR count). The summed E-state index contributed by atoms with van der Waals surface area (Å²) in [5.74, 6) is 0.851. The van der Waals surface area contributed by atoms with Crippen molar-refractivity contribution in [3.8, 4) is 0 Å². The van der Waals surface area contributed by atoms with Gasteiger partial charge in [-0.2, -0.15) is 0 Å². The molecule has 0 radical (unpaired) electrons. The second-order valence-electron chi connectivity index (χ2n) is 5.83. The average molecular weight is 345 g/mol. The van der Waals surface area contributed by atoms with Crippen LogP contribution in [0.5, 0.6) is 0 Å². The van der Waals surface area contributed by atoms with E-state index < -0.39 is 0 Å². The number of nitro benzene ring substituents is 1. The van der Waals surface area contributed by atoms with Crippen molar-refractivity contribution in [2.24, 2.45) is 0 Å². The number of para-hydroxylation sites is 2. The Bertz CT molecular complexity index is 650. The van der Waals surface area contributed by atoms with Gasteiger partial charge in [0.15, 0.2) is 0 Å². The second kappa shape index (κ2) is 9.30. The van der Waals surface area contributed by atoms with E-state index in [9.17, 15) is 10.1 Å². The molecule has 1 N–H and O–H groups in total. The van der Waals surface area contributed by atoms with Gasteiger partial charge in [-0.25, -0.2) is 0 Å². The summed E-state index contributed by atoms with van der Waals surface area (Å²) >= 11 is 1.76. The highest BCUT2D eigenvalue weighted by atomic mass is 32.2. The van der Waals surface area contributed by atoms with Crippen LogP contribution in [0.25, 0.3) is 0 Å². The van der Waals surface area contributed by atoms with Crippen molar-refractivity contribution >= 4 is 23.1 Å². The third-order valence-electron chi connectivity index (χ3n) is 3.58. The molecule has 0 aliphatic rings. The van der Waals surface area contributed by atoms with Gasteiger partial charge in [-0.1, -0.05) is 30.3 Å². The fraction of sp³-hybridized carbons (Fsp3) is 0.333. The number of anilines is 1. The van der Waals surface area contributed by atoms with Crippen LogP contribution in [0.15, 0.2) is 59.5 Å². The van der Waals surface area contributed by atoms with Crippen LogP contribution < -0.4 is 5.32 Å². The lowest BCUT2D eigenvalue weighted by molar-refractivity contribution is -0.384. The van der Waals surface area contributed by atoms with E-state index in [1.807, 2.05) is 38.4 Å². The summed E-state index contributed by atoms with van der Waals surface area (Å²) < 4.78 is 0. The van der Waals surface area contributed by atoms with E-state index in [0.29, 0.717) is 5.69 Å². The lowest BCUT2D eigenvalue weighted by Gasteiger charge is -2.21. The van der Waals surface area contributed by atoms with Crippen molar-refractivity contribution in [3.05, 3.63) is 64.7 Å². The first-order chi connectivity index (χ1) is 11.6. The Morgan fingerprint density at radius 2 is 1.79 bits per heavy atom. The Balaban J connectivity index is 2.06. The van der Waals surface area contributed by atoms with Crippen molar-refractivity contribution in [1.29, 1.82) is 0 Å². The zero-order valence-corrected chi connectivity index (χ0v) is 14.8. The van der Waals surface area contributed by atoms with Gasteiger partial charge in [-0.15, -0.1) is 11.8 Å². The first-order valence-corrected chi connectivity index (χ1v) is 8.87. The molecule has 0 aromatic heterocycles. The lowest BCUT2D eigenvalue weighted by atomic mass is 10.2. The number of thioether (sulfide) groups is 1. The summed E-state index contributed by atoms with van der Waals surface area (Å²) in [5.41, 5.74) is 0.706. The van der Waals surface area contributed by atoms with Gasteiger partial charge in [0.25, 0.3) is 5.69 Å². The van der Waals surface area contributed by atoms with Crippen molar-refractivity contribution in [2.45, 2.75) is 17.4 Å². The minimum atomic E-state index is -0.338. The molecule has 0 spiro atoms. The summed E-state index contributed by atoms with van der Waals surface area (Å²) in [6, 6.07) is 17.2. The van der Waals surface area contributed by atoms with Crippen LogP contribution in [0.1, 0.15) is 6.42 Å². The van der Waals surface area contributed by atoms with Crippen LogP contribution in [0.2, 0.25) is 0 Å². The number of hydrogen-bond acceptors (Lipinski definition) is 5. The van der Waals surface area contributed by atoms with Crippen LogP contribution in [-0.2, 0) is 0 Å². The molecular formula is C18H23N3O2S. The highest BCUT2D eigenvalue weighted by Crippen LogP contribution is 2.26. The fourth-order valence-electron chi connectivity index (χ4n) is 2.30. The summed E-state index contributed by atoms with van der Waals surface area (Å²) in [5, 5.41) is 14.6. The van der Waals surface area contributed by atoms with E-state index in [1.165, 1.54) is 11.0 Å². The Kier molecular flexibility index (Phi) is 7.08. The smallest absolute Gasteiger partial charge is 0.292 e. The molecule has 1 atom stereocenters. The number of nitrogens with one attached hydrogen (secondary N) is 1. The highest BCUT2D eigenvalue weighted by Gasteiger charge is 2.17. The Hall–Kier alpha value is -2.05. The van der Waals surface area contributed by atoms with E-state index in [0.717, 1.165) is 18.7 Å². The van der Waals surface area contributed by atoms with E-state index in [1.54, 1.807) is 23.9 Å². The topological polar surface area (TPSA) is 58.4 Å². The van der Waals surface area contributed by atoms with Gasteiger partial charge >= 0.3 is 0 Å². The largest absolute Gasteiger partial charge is 0.376 e. The van der Waals surface area contributed by atoms with Gasteiger partial charge in [0.2, 0.25) is 0 Å². The standard InChI is InChI=1S/C18H23N3O2S/c1-20(2)13-12-15(14-24-16-8-4-3-5-9-16)19-17-10-6-7-11-18(17)21(22)23/h3-11,15,19H,12-14H2,1-2H3/t15-/m1/s1. The molecule has 0 heterocycles. The van der Waals surface area contributed by atoms with Crippen LogP contribution in [0.3, 0.4) is 0 Å². The molecule has 0 saturated carbocycles. The summed E-state index contributed by atoms with van der Waals surface area (Å²) in [7, 11) is 4.07. The Morgan fingerprint density at radius 1 is 1.12 bits per heavy atom. The molecule has 0 unspecified atom stereocenters. The highest BCUT2D eigenvalue weighted by molar-refractivity contribution is 7.99. The van der Waals surface area contributed by atoms with Gasteiger partial charge in [0.1, 0.15) is 5.69 Å². The molecule has 24 heavy (non-hydrogen) atoms. The van der Waals surface area contributed by atoms with Crippen LogP contribution in [0.4, 0.5) is 11.4 Å². The number of benzene rings is 2. The molecule has 128 valence electrons. The molecular weight excluding hydrogens is 322 g/mol. The molecule has 0 aliphatic heterocycles. The second-order valence-corrected chi connectivity index (χ2v) is 6.92. The number of nitrogens with zero attached hydrogens (tertiary/aromatic N) is 2. The zero-order valence-electron chi connectivity index (χ0n) is 14.0. The third-order valence-corrected chi connectivity index (χ3v) is 4.75. The molecule has 2 aromatic carbocycles. The first kappa shape index (κ1) is 18.3. The van der Waals surface area contributed by atoms with E-state index in [2.05, 4.69) is 22.3 Å². The first-order valence-electron chi connectivity index (χ1n) is 7.89. The maximum atomic E-state index is 11.2. The Labute approximate surface area is 147 Å². The monoisotopic (exact) mass is 345 g/mol. The fourth-order valence-corrected chi connectivity index (χ4v) is 3.29. The van der Waals surface area contributed by atoms with E-state index in [4.69, 9.17) is 0 Å². The predicted octanol–water partition coefficient (Wildman–Crippen LogP) is 4.12. The average Bonchev–Trinajstić information content (AvgIpc) is 2.58. The SMILES string of the molecule is CN(C)CC[C@H](CSc1ccccc1)Nc1ccccc1[N+](=O)[O-]. The Morgan fingerprint density at radius 3 is 2.46 bits per heavy atom. The van der Waals surface area contributed by atoms with E-state index in [-0.39, 0.29) is 16.7 Å². The quantitative estimate of drug-likeness (QED) is 0.421. The van der Waals surface area contributed by atoms with Crippen LogP contribution in [-0.4, -0.2) is 42.3 Å². The lowest BCUT2D eigenvalue weighted by Crippen LogP contribution is -2.28. The molecule has 0 saturated heterocycles. The van der Waals surface area contributed by atoms with Gasteiger partial charge in [-0.05, 0) is 45.3 Å². The molecule has 0 fully saturated rings. The van der Waals surface area contributed by atoms with Gasteiger partial charge in [0.05, 0.1) is 4.92 Å². The van der Waals surface area contributed by atoms with Crippen molar-refractivity contribution in [3.63, 3.8) is 0 Å². The summed E-state index contributed by atoms with van der Waals surface area (Å²) in [6.45, 7) is 0.924. The zero-order chi connectivity index (χ0) is 17.4. The van der Waals surface area contributed by atoms with Gasteiger partial charge < -0.3 is 10.2 Å². The maximum absolute atomic E-state index is 11.2. The number of rotatable bonds is 9.